The topological polar surface area (TPSA) is 92.5 Å². The van der Waals surface area contributed by atoms with Crippen LogP contribution in [-0.4, -0.2) is 44.3 Å². The van der Waals surface area contributed by atoms with Gasteiger partial charge in [0.15, 0.2) is 0 Å². The summed E-state index contributed by atoms with van der Waals surface area (Å²) in [6, 6.07) is 6.91. The number of benzene rings is 1. The van der Waals surface area contributed by atoms with Gasteiger partial charge in [-0.1, -0.05) is 31.5 Å². The Morgan fingerprint density at radius 1 is 1.19 bits per heavy atom. The van der Waals surface area contributed by atoms with E-state index in [1.54, 1.807) is 12.1 Å². The Morgan fingerprint density at radius 3 is 2.19 bits per heavy atom. The molecule has 146 valence electrons. The number of carbonyl (C=O) groups excluding carboxylic acids is 1. The number of nitrogens with two attached hydrogens (primary N) is 1. The monoisotopic (exact) mass is 381 g/mol. The van der Waals surface area contributed by atoms with Crippen molar-refractivity contribution in [1.29, 1.82) is 0 Å². The summed E-state index contributed by atoms with van der Waals surface area (Å²) >= 11 is 0. The number of sulfonamides is 1. The van der Waals surface area contributed by atoms with Crippen LogP contribution in [0.1, 0.15) is 45.1 Å². The number of nitrogens with one attached hydrogen (secondary N) is 1. The smallest absolute Gasteiger partial charge is 0.243 e. The van der Waals surface area contributed by atoms with E-state index < -0.39 is 15.4 Å². The van der Waals surface area contributed by atoms with Gasteiger partial charge < -0.3 is 11.1 Å². The minimum atomic E-state index is -3.47. The Labute approximate surface area is 157 Å². The van der Waals surface area contributed by atoms with Gasteiger partial charge in [-0.2, -0.15) is 4.31 Å². The van der Waals surface area contributed by atoms with E-state index in [-0.39, 0.29) is 11.9 Å². The van der Waals surface area contributed by atoms with Crippen LogP contribution in [0.15, 0.2) is 29.2 Å². The molecular weight excluding hydrogens is 350 g/mol. The van der Waals surface area contributed by atoms with Crippen molar-refractivity contribution >= 4 is 15.9 Å². The molecule has 0 atom stereocenters. The van der Waals surface area contributed by atoms with Crippen molar-refractivity contribution in [3.8, 4) is 0 Å². The van der Waals surface area contributed by atoms with Crippen LogP contribution in [0, 0.1) is 12.3 Å². The van der Waals surface area contributed by atoms with E-state index in [0.717, 1.165) is 5.56 Å². The predicted octanol–water partition coefficient (Wildman–Crippen LogP) is 2.03. The van der Waals surface area contributed by atoms with Crippen molar-refractivity contribution in [3.05, 3.63) is 29.8 Å². The zero-order valence-electron chi connectivity index (χ0n) is 16.0. The number of aryl methyl sites for hydroxylation is 1. The second-order valence-electron chi connectivity index (χ2n) is 7.16. The third kappa shape index (κ3) is 4.27. The highest BCUT2D eigenvalue weighted by Gasteiger charge is 2.36. The molecule has 1 heterocycles. The molecule has 0 spiro atoms. The summed E-state index contributed by atoms with van der Waals surface area (Å²) in [7, 11) is -3.47. The van der Waals surface area contributed by atoms with E-state index in [0.29, 0.717) is 50.2 Å². The molecule has 1 aromatic rings. The fraction of sp³-hybridized carbons (Fsp3) is 0.632. The van der Waals surface area contributed by atoms with Crippen molar-refractivity contribution in [3.63, 3.8) is 0 Å². The number of hydrogen-bond acceptors (Lipinski definition) is 4. The second kappa shape index (κ2) is 8.50. The number of piperidine rings is 1. The van der Waals surface area contributed by atoms with Crippen molar-refractivity contribution in [2.75, 3.05) is 19.6 Å². The molecular formula is C19H31N3O3S. The van der Waals surface area contributed by atoms with Crippen LogP contribution in [0.4, 0.5) is 0 Å². The first-order valence-corrected chi connectivity index (χ1v) is 10.8. The lowest BCUT2D eigenvalue weighted by molar-refractivity contribution is -0.132. The molecule has 0 unspecified atom stereocenters. The molecule has 1 aliphatic heterocycles. The summed E-state index contributed by atoms with van der Waals surface area (Å²) in [6.45, 7) is 7.04. The normalized spacial score (nSPS) is 17.2. The molecule has 1 saturated heterocycles. The van der Waals surface area contributed by atoms with Gasteiger partial charge in [0, 0.05) is 25.7 Å². The summed E-state index contributed by atoms with van der Waals surface area (Å²) in [6.07, 6.45) is 2.63. The van der Waals surface area contributed by atoms with E-state index in [9.17, 15) is 13.2 Å². The minimum Gasteiger partial charge on any atom is -0.353 e. The molecule has 1 amide bonds. The van der Waals surface area contributed by atoms with Gasteiger partial charge in [-0.25, -0.2) is 8.42 Å². The Kier molecular flexibility index (Phi) is 6.82. The molecule has 1 aliphatic rings. The fourth-order valence-electron chi connectivity index (χ4n) is 3.39. The van der Waals surface area contributed by atoms with Crippen LogP contribution in [0.3, 0.4) is 0 Å². The maximum Gasteiger partial charge on any atom is 0.243 e. The SMILES string of the molecule is CCC(CC)(CN)C(=O)NC1CCN(S(=O)(=O)c2ccc(C)cc2)CC1. The number of hydrogen-bond donors (Lipinski definition) is 2. The molecule has 0 aliphatic carbocycles. The molecule has 6 nitrogen and oxygen atoms in total. The van der Waals surface area contributed by atoms with Crippen LogP contribution in [-0.2, 0) is 14.8 Å². The highest BCUT2D eigenvalue weighted by molar-refractivity contribution is 7.89. The van der Waals surface area contributed by atoms with Crippen molar-refractivity contribution < 1.29 is 13.2 Å². The standard InChI is InChI=1S/C19H31N3O3S/c1-4-19(5-2,14-20)18(23)21-16-10-12-22(13-11-16)26(24,25)17-8-6-15(3)7-9-17/h6-9,16H,4-5,10-14,20H2,1-3H3,(H,21,23). The maximum absolute atomic E-state index is 12.7. The average molecular weight is 382 g/mol. The first-order chi connectivity index (χ1) is 12.3. The van der Waals surface area contributed by atoms with E-state index in [2.05, 4.69) is 5.32 Å². The fourth-order valence-corrected chi connectivity index (χ4v) is 4.86. The second-order valence-corrected chi connectivity index (χ2v) is 9.09. The lowest BCUT2D eigenvalue weighted by atomic mass is 9.81. The zero-order chi connectivity index (χ0) is 19.4. The Bertz CT molecular complexity index is 696. The van der Waals surface area contributed by atoms with Gasteiger partial charge in [-0.15, -0.1) is 0 Å². The summed E-state index contributed by atoms with van der Waals surface area (Å²) in [5.41, 5.74) is 6.35. The van der Waals surface area contributed by atoms with Crippen molar-refractivity contribution in [1.82, 2.24) is 9.62 Å². The Balaban J connectivity index is 1.98. The third-order valence-electron chi connectivity index (χ3n) is 5.67. The molecule has 0 saturated carbocycles. The summed E-state index contributed by atoms with van der Waals surface area (Å²) < 4.78 is 27.0. The third-order valence-corrected chi connectivity index (χ3v) is 7.59. The lowest BCUT2D eigenvalue weighted by Crippen LogP contribution is -2.52. The largest absolute Gasteiger partial charge is 0.353 e. The predicted molar refractivity (Wildman–Crippen MR) is 103 cm³/mol. The molecule has 1 aromatic carbocycles. The highest BCUT2D eigenvalue weighted by Crippen LogP contribution is 2.27. The van der Waals surface area contributed by atoms with Gasteiger partial charge >= 0.3 is 0 Å². The van der Waals surface area contributed by atoms with E-state index >= 15 is 0 Å². The molecule has 0 radical (unpaired) electrons. The Morgan fingerprint density at radius 2 is 1.73 bits per heavy atom. The van der Waals surface area contributed by atoms with Crippen LogP contribution in [0.25, 0.3) is 0 Å². The van der Waals surface area contributed by atoms with E-state index in [1.165, 1.54) is 4.31 Å². The molecule has 7 heteroatoms. The molecule has 26 heavy (non-hydrogen) atoms. The number of amides is 1. The summed E-state index contributed by atoms with van der Waals surface area (Å²) in [5, 5.41) is 3.09. The average Bonchev–Trinajstić information content (AvgIpc) is 2.64. The quantitative estimate of drug-likeness (QED) is 0.756. The molecule has 0 bridgehead atoms. The van der Waals surface area contributed by atoms with Crippen LogP contribution in [0.2, 0.25) is 0 Å². The van der Waals surface area contributed by atoms with Gasteiger partial charge in [0.05, 0.1) is 10.3 Å². The molecule has 1 fully saturated rings. The van der Waals surface area contributed by atoms with Crippen LogP contribution < -0.4 is 11.1 Å². The van der Waals surface area contributed by atoms with Gasteiger partial charge in [0.25, 0.3) is 0 Å². The first-order valence-electron chi connectivity index (χ1n) is 9.37. The first kappa shape index (κ1) is 20.9. The van der Waals surface area contributed by atoms with Crippen molar-refractivity contribution in [2.24, 2.45) is 11.1 Å². The molecule has 2 rings (SSSR count). The number of rotatable bonds is 7. The lowest BCUT2D eigenvalue weighted by Gasteiger charge is -2.35. The van der Waals surface area contributed by atoms with Crippen LogP contribution >= 0.6 is 0 Å². The number of carbonyl (C=O) groups is 1. The van der Waals surface area contributed by atoms with Crippen LogP contribution in [0.5, 0.6) is 0 Å². The minimum absolute atomic E-state index is 0.00371. The van der Waals surface area contributed by atoms with Gasteiger partial charge in [-0.05, 0) is 44.7 Å². The zero-order valence-corrected chi connectivity index (χ0v) is 16.8. The van der Waals surface area contributed by atoms with Crippen molar-refractivity contribution in [2.45, 2.75) is 57.4 Å². The van der Waals surface area contributed by atoms with Gasteiger partial charge in [0.1, 0.15) is 0 Å². The van der Waals surface area contributed by atoms with Gasteiger partial charge in [0.2, 0.25) is 15.9 Å². The van der Waals surface area contributed by atoms with E-state index in [4.69, 9.17) is 5.73 Å². The number of nitrogens with zero attached hydrogens (tertiary/aromatic N) is 1. The molecule has 0 aromatic heterocycles. The Hall–Kier alpha value is -1.44. The van der Waals surface area contributed by atoms with Gasteiger partial charge in [-0.3, -0.25) is 4.79 Å². The van der Waals surface area contributed by atoms with E-state index in [1.807, 2.05) is 32.9 Å². The highest BCUT2D eigenvalue weighted by atomic mass is 32.2. The summed E-state index contributed by atoms with van der Waals surface area (Å²) in [4.78, 5) is 13.0. The maximum atomic E-state index is 12.7. The molecule has 3 N–H and O–H groups in total. The summed E-state index contributed by atoms with van der Waals surface area (Å²) in [5.74, 6) is -0.00941.